The Kier molecular flexibility index (Phi) is 3.30. The van der Waals surface area contributed by atoms with Crippen LogP contribution in [0.1, 0.15) is 6.42 Å². The molecule has 2 rings (SSSR count). The minimum atomic E-state index is 0.0338. The second kappa shape index (κ2) is 4.55. The lowest BCUT2D eigenvalue weighted by Crippen LogP contribution is -2.24. The van der Waals surface area contributed by atoms with Gasteiger partial charge in [-0.3, -0.25) is 4.79 Å². The number of carbonyl (C=O) groups excluding carboxylic acids is 1. The molecule has 1 saturated heterocycles. The van der Waals surface area contributed by atoms with Crippen LogP contribution < -0.4 is 4.90 Å². The van der Waals surface area contributed by atoms with Crippen molar-refractivity contribution >= 4 is 35.8 Å². The number of carbonyl (C=O) groups is 1. The summed E-state index contributed by atoms with van der Waals surface area (Å²) >= 11 is 10.2. The summed E-state index contributed by atoms with van der Waals surface area (Å²) in [5.41, 5.74) is 0.580. The molecule has 1 atom stereocenters. The molecule has 1 aromatic rings. The van der Waals surface area contributed by atoms with Crippen molar-refractivity contribution in [1.29, 1.82) is 0 Å². The largest absolute Gasteiger partial charge is 0.508 e. The number of amides is 1. The molecule has 0 aliphatic carbocycles. The van der Waals surface area contributed by atoms with E-state index in [1.54, 1.807) is 11.0 Å². The van der Waals surface area contributed by atoms with E-state index in [1.165, 1.54) is 12.1 Å². The molecule has 1 amide bonds. The molecule has 1 aromatic carbocycles. The summed E-state index contributed by atoms with van der Waals surface area (Å²) in [6.45, 7) is 0.617. The van der Waals surface area contributed by atoms with E-state index in [-0.39, 0.29) is 17.6 Å². The number of benzene rings is 1. The summed E-state index contributed by atoms with van der Waals surface area (Å²) < 4.78 is 0. The fourth-order valence-electron chi connectivity index (χ4n) is 1.84. The van der Waals surface area contributed by atoms with Gasteiger partial charge in [0.15, 0.2) is 0 Å². The first kappa shape index (κ1) is 11.6. The number of thiol groups is 1. The van der Waals surface area contributed by atoms with Crippen LogP contribution in [0.25, 0.3) is 0 Å². The Morgan fingerprint density at radius 3 is 2.94 bits per heavy atom. The van der Waals surface area contributed by atoms with Gasteiger partial charge in [-0.2, -0.15) is 12.6 Å². The quantitative estimate of drug-likeness (QED) is 0.799. The summed E-state index contributed by atoms with van der Waals surface area (Å²) in [7, 11) is 0. The highest BCUT2D eigenvalue weighted by molar-refractivity contribution is 7.80. The van der Waals surface area contributed by atoms with Gasteiger partial charge < -0.3 is 10.0 Å². The van der Waals surface area contributed by atoms with Crippen LogP contribution in [0.15, 0.2) is 18.2 Å². The van der Waals surface area contributed by atoms with Crippen molar-refractivity contribution in [3.63, 3.8) is 0 Å². The van der Waals surface area contributed by atoms with Gasteiger partial charge in [0.2, 0.25) is 5.91 Å². The number of hydrogen-bond donors (Lipinski definition) is 2. The van der Waals surface area contributed by atoms with E-state index < -0.39 is 0 Å². The number of rotatable bonds is 2. The average molecular weight is 258 g/mol. The molecule has 5 heteroatoms. The molecule has 86 valence electrons. The Morgan fingerprint density at radius 2 is 2.31 bits per heavy atom. The lowest BCUT2D eigenvalue weighted by atomic mass is 10.1. The SMILES string of the molecule is O=C1CC(CS)CN1c1cc(O)ccc1Cl. The van der Waals surface area contributed by atoms with Gasteiger partial charge in [-0.15, -0.1) is 0 Å². The fraction of sp³-hybridized carbons (Fsp3) is 0.364. The third-order valence-electron chi connectivity index (χ3n) is 2.68. The van der Waals surface area contributed by atoms with Crippen molar-refractivity contribution in [2.24, 2.45) is 5.92 Å². The maximum Gasteiger partial charge on any atom is 0.227 e. The normalized spacial score (nSPS) is 20.5. The van der Waals surface area contributed by atoms with Crippen molar-refractivity contribution in [1.82, 2.24) is 0 Å². The van der Waals surface area contributed by atoms with Gasteiger partial charge in [0.25, 0.3) is 0 Å². The molecule has 1 unspecified atom stereocenters. The molecule has 0 bridgehead atoms. The van der Waals surface area contributed by atoms with Gasteiger partial charge in [0.1, 0.15) is 5.75 Å². The molecule has 0 radical (unpaired) electrons. The molecule has 1 aliphatic rings. The fourth-order valence-corrected chi connectivity index (χ4v) is 2.31. The van der Waals surface area contributed by atoms with Crippen LogP contribution in [-0.2, 0) is 4.79 Å². The van der Waals surface area contributed by atoms with Crippen LogP contribution in [-0.4, -0.2) is 23.3 Å². The van der Waals surface area contributed by atoms with E-state index >= 15 is 0 Å². The van der Waals surface area contributed by atoms with Crippen molar-refractivity contribution < 1.29 is 9.90 Å². The zero-order valence-electron chi connectivity index (χ0n) is 8.56. The van der Waals surface area contributed by atoms with E-state index in [1.807, 2.05) is 0 Å². The van der Waals surface area contributed by atoms with Crippen molar-refractivity contribution in [3.8, 4) is 5.75 Å². The molecule has 1 heterocycles. The number of phenolic OH excluding ortho intramolecular Hbond substituents is 1. The van der Waals surface area contributed by atoms with Gasteiger partial charge in [-0.25, -0.2) is 0 Å². The first-order valence-electron chi connectivity index (χ1n) is 5.01. The number of aromatic hydroxyl groups is 1. The topological polar surface area (TPSA) is 40.5 Å². The lowest BCUT2D eigenvalue weighted by Gasteiger charge is -2.18. The zero-order valence-corrected chi connectivity index (χ0v) is 10.2. The van der Waals surface area contributed by atoms with Crippen LogP contribution in [0.3, 0.4) is 0 Å². The summed E-state index contributed by atoms with van der Waals surface area (Å²) in [4.78, 5) is 13.4. The highest BCUT2D eigenvalue weighted by atomic mass is 35.5. The van der Waals surface area contributed by atoms with Crippen LogP contribution in [0.4, 0.5) is 5.69 Å². The molecule has 1 N–H and O–H groups in total. The summed E-state index contributed by atoms with van der Waals surface area (Å²) in [5.74, 6) is 1.08. The molecule has 0 spiro atoms. The maximum absolute atomic E-state index is 11.8. The van der Waals surface area contributed by atoms with Gasteiger partial charge in [-0.1, -0.05) is 11.6 Å². The Balaban J connectivity index is 2.30. The number of hydrogen-bond acceptors (Lipinski definition) is 3. The molecule has 0 saturated carbocycles. The molecular weight excluding hydrogens is 246 g/mol. The van der Waals surface area contributed by atoms with E-state index in [2.05, 4.69) is 12.6 Å². The first-order chi connectivity index (χ1) is 7.61. The van der Waals surface area contributed by atoms with Crippen molar-refractivity contribution in [2.45, 2.75) is 6.42 Å². The first-order valence-corrected chi connectivity index (χ1v) is 6.02. The van der Waals surface area contributed by atoms with Crippen LogP contribution in [0, 0.1) is 5.92 Å². The zero-order chi connectivity index (χ0) is 11.7. The van der Waals surface area contributed by atoms with Gasteiger partial charge in [0, 0.05) is 19.0 Å². The highest BCUT2D eigenvalue weighted by Crippen LogP contribution is 2.33. The van der Waals surface area contributed by atoms with E-state index in [9.17, 15) is 9.90 Å². The highest BCUT2D eigenvalue weighted by Gasteiger charge is 2.30. The van der Waals surface area contributed by atoms with Crippen molar-refractivity contribution in [2.75, 3.05) is 17.2 Å². The number of halogens is 1. The minimum absolute atomic E-state index is 0.0338. The second-order valence-corrected chi connectivity index (χ2v) is 4.67. The average Bonchev–Trinajstić information content (AvgIpc) is 2.63. The molecular formula is C11H12ClNO2S. The molecule has 0 aromatic heterocycles. The van der Waals surface area contributed by atoms with E-state index in [4.69, 9.17) is 11.6 Å². The van der Waals surface area contributed by atoms with E-state index in [0.717, 1.165) is 0 Å². The predicted molar refractivity (Wildman–Crippen MR) is 67.4 cm³/mol. The number of anilines is 1. The number of nitrogens with zero attached hydrogens (tertiary/aromatic N) is 1. The smallest absolute Gasteiger partial charge is 0.227 e. The standard InChI is InChI=1S/C11H12ClNO2S/c12-9-2-1-8(14)4-10(9)13-5-7(6-16)3-11(13)15/h1-2,4,7,14,16H,3,5-6H2. The summed E-state index contributed by atoms with van der Waals surface area (Å²) in [5, 5.41) is 9.87. The Hall–Kier alpha value is -0.870. The second-order valence-electron chi connectivity index (χ2n) is 3.89. The van der Waals surface area contributed by atoms with Crippen LogP contribution >= 0.6 is 24.2 Å². The Morgan fingerprint density at radius 1 is 1.56 bits per heavy atom. The molecule has 1 fully saturated rings. The number of phenols is 1. The summed E-state index contributed by atoms with van der Waals surface area (Å²) in [6, 6.07) is 4.61. The van der Waals surface area contributed by atoms with Gasteiger partial charge in [-0.05, 0) is 23.8 Å². The van der Waals surface area contributed by atoms with Gasteiger partial charge >= 0.3 is 0 Å². The Labute approximate surface area is 104 Å². The lowest BCUT2D eigenvalue weighted by molar-refractivity contribution is -0.117. The minimum Gasteiger partial charge on any atom is -0.508 e. The maximum atomic E-state index is 11.8. The third kappa shape index (κ3) is 2.13. The molecule has 3 nitrogen and oxygen atoms in total. The Bertz CT molecular complexity index is 424. The third-order valence-corrected chi connectivity index (χ3v) is 3.52. The van der Waals surface area contributed by atoms with E-state index in [0.29, 0.717) is 29.4 Å². The summed E-state index contributed by atoms with van der Waals surface area (Å²) in [6.07, 6.45) is 0.496. The van der Waals surface area contributed by atoms with Crippen LogP contribution in [0.2, 0.25) is 5.02 Å². The van der Waals surface area contributed by atoms with Crippen molar-refractivity contribution in [3.05, 3.63) is 23.2 Å². The van der Waals surface area contributed by atoms with Gasteiger partial charge in [0.05, 0.1) is 10.7 Å². The van der Waals surface area contributed by atoms with Crippen LogP contribution in [0.5, 0.6) is 5.75 Å². The predicted octanol–water partition coefficient (Wildman–Crippen LogP) is 2.33. The molecule has 1 aliphatic heterocycles. The molecule has 16 heavy (non-hydrogen) atoms. The monoisotopic (exact) mass is 257 g/mol.